The highest BCUT2D eigenvalue weighted by Crippen LogP contribution is 2.45. The third kappa shape index (κ3) is 2.74. The molecule has 2 aromatic carbocycles. The molecule has 126 valence electrons. The molecule has 1 atom stereocenters. The number of phenolic OH excluding ortho intramolecular Hbond substituents is 1. The van der Waals surface area contributed by atoms with Gasteiger partial charge in [0.05, 0.1) is 35.3 Å². The Balaban J connectivity index is 1.89. The molecule has 3 aromatic rings. The first-order chi connectivity index (χ1) is 12.2. The van der Waals surface area contributed by atoms with Gasteiger partial charge in [-0.05, 0) is 17.7 Å². The summed E-state index contributed by atoms with van der Waals surface area (Å²) in [5.74, 6) is 0.561. The number of fused-ring (bicyclic) bond motifs is 1. The predicted molar refractivity (Wildman–Crippen MR) is 101 cm³/mol. The Morgan fingerprint density at radius 3 is 2.80 bits per heavy atom. The summed E-state index contributed by atoms with van der Waals surface area (Å²) in [6.07, 6.45) is 3.55. The third-order valence-corrected chi connectivity index (χ3v) is 5.06. The fraction of sp³-hybridized carbons (Fsp3) is 0.105. The van der Waals surface area contributed by atoms with Crippen molar-refractivity contribution in [2.45, 2.75) is 5.25 Å². The van der Waals surface area contributed by atoms with Gasteiger partial charge in [-0.2, -0.15) is 0 Å². The van der Waals surface area contributed by atoms with Gasteiger partial charge in [-0.1, -0.05) is 42.1 Å². The van der Waals surface area contributed by atoms with Crippen molar-refractivity contribution >= 4 is 33.6 Å². The van der Waals surface area contributed by atoms with Crippen LogP contribution in [0.4, 0.5) is 0 Å². The zero-order chi connectivity index (χ0) is 17.4. The van der Waals surface area contributed by atoms with E-state index in [1.807, 2.05) is 36.4 Å². The molecule has 3 N–H and O–H groups in total. The van der Waals surface area contributed by atoms with Crippen molar-refractivity contribution in [2.24, 2.45) is 10.7 Å². The minimum Gasteiger partial charge on any atom is -0.507 e. The molecule has 1 aliphatic rings. The molecule has 2 heterocycles. The first kappa shape index (κ1) is 15.7. The van der Waals surface area contributed by atoms with Crippen LogP contribution in [0.5, 0.6) is 11.5 Å². The molecular weight excluding hydrogens is 336 g/mol. The highest BCUT2D eigenvalue weighted by atomic mass is 32.2. The van der Waals surface area contributed by atoms with Gasteiger partial charge in [0.1, 0.15) is 17.1 Å². The number of methoxy groups -OCH3 is 1. The van der Waals surface area contributed by atoms with Crippen molar-refractivity contribution in [3.05, 3.63) is 65.9 Å². The third-order valence-electron chi connectivity index (χ3n) is 4.07. The van der Waals surface area contributed by atoms with E-state index in [-0.39, 0.29) is 11.0 Å². The number of phenols is 1. The van der Waals surface area contributed by atoms with Gasteiger partial charge < -0.3 is 20.0 Å². The first-order valence-electron chi connectivity index (χ1n) is 7.72. The van der Waals surface area contributed by atoms with Crippen LogP contribution in [0.1, 0.15) is 16.4 Å². The quantitative estimate of drug-likeness (QED) is 0.735. The second-order valence-corrected chi connectivity index (χ2v) is 6.75. The van der Waals surface area contributed by atoms with Gasteiger partial charge in [-0.25, -0.2) is 4.99 Å². The molecule has 1 aliphatic heterocycles. The summed E-state index contributed by atoms with van der Waals surface area (Å²) in [5.41, 5.74) is 8.83. The molecule has 1 aromatic heterocycles. The van der Waals surface area contributed by atoms with E-state index >= 15 is 0 Å². The van der Waals surface area contributed by atoms with Crippen molar-refractivity contribution in [3.63, 3.8) is 0 Å². The molecule has 0 saturated heterocycles. The van der Waals surface area contributed by atoms with Gasteiger partial charge in [-0.3, -0.25) is 0 Å². The number of rotatable bonds is 3. The van der Waals surface area contributed by atoms with E-state index < -0.39 is 0 Å². The van der Waals surface area contributed by atoms with Crippen LogP contribution >= 0.6 is 11.8 Å². The number of aromatic hydroxyl groups is 1. The number of thioether (sulfide) groups is 1. The molecule has 1 unspecified atom stereocenters. The maximum Gasteiger partial charge on any atom is 0.160 e. The number of hydrogen-bond donors (Lipinski definition) is 2. The fourth-order valence-corrected chi connectivity index (χ4v) is 3.86. The summed E-state index contributed by atoms with van der Waals surface area (Å²) < 4.78 is 10.9. The molecule has 0 aliphatic carbocycles. The standard InChI is InChI=1S/C19H16N2O3S/c1-23-18-12-7-8-24-15(12)10-14(22)17(18)13-9-16(25-19(20)21-13)11-5-3-2-4-6-11/h2-10,16,22H,1H3,(H2,20,21). The maximum atomic E-state index is 10.5. The summed E-state index contributed by atoms with van der Waals surface area (Å²) in [6, 6.07) is 13.4. The van der Waals surface area contributed by atoms with Crippen molar-refractivity contribution in [1.82, 2.24) is 0 Å². The molecule has 0 spiro atoms. The lowest BCUT2D eigenvalue weighted by atomic mass is 10.0. The highest BCUT2D eigenvalue weighted by Gasteiger charge is 2.24. The lowest BCUT2D eigenvalue weighted by Gasteiger charge is -2.20. The van der Waals surface area contributed by atoms with Gasteiger partial charge >= 0.3 is 0 Å². The van der Waals surface area contributed by atoms with Crippen molar-refractivity contribution in [1.29, 1.82) is 0 Å². The Morgan fingerprint density at radius 1 is 1.24 bits per heavy atom. The van der Waals surface area contributed by atoms with Crippen LogP contribution in [0.3, 0.4) is 0 Å². The van der Waals surface area contributed by atoms with Crippen LogP contribution in [-0.4, -0.2) is 17.4 Å². The normalized spacial score (nSPS) is 17.2. The van der Waals surface area contributed by atoms with E-state index in [0.717, 1.165) is 10.9 Å². The summed E-state index contributed by atoms with van der Waals surface area (Å²) >= 11 is 1.47. The van der Waals surface area contributed by atoms with E-state index in [9.17, 15) is 5.11 Å². The van der Waals surface area contributed by atoms with E-state index in [1.165, 1.54) is 11.8 Å². The van der Waals surface area contributed by atoms with E-state index in [1.54, 1.807) is 25.5 Å². The second kappa shape index (κ2) is 6.22. The molecule has 4 rings (SSSR count). The molecule has 0 saturated carbocycles. The van der Waals surface area contributed by atoms with Crippen molar-refractivity contribution in [2.75, 3.05) is 7.11 Å². The molecule has 6 heteroatoms. The van der Waals surface area contributed by atoms with Crippen LogP contribution in [-0.2, 0) is 0 Å². The first-order valence-corrected chi connectivity index (χ1v) is 8.60. The Kier molecular flexibility index (Phi) is 3.89. The number of ether oxygens (including phenoxy) is 1. The second-order valence-electron chi connectivity index (χ2n) is 5.59. The smallest absolute Gasteiger partial charge is 0.160 e. The molecule has 0 radical (unpaired) electrons. The van der Waals surface area contributed by atoms with Crippen LogP contribution < -0.4 is 10.5 Å². The number of amidine groups is 1. The van der Waals surface area contributed by atoms with Crippen LogP contribution in [0.2, 0.25) is 0 Å². The van der Waals surface area contributed by atoms with Crippen LogP contribution in [0, 0.1) is 0 Å². The van der Waals surface area contributed by atoms with Gasteiger partial charge in [0.2, 0.25) is 0 Å². The topological polar surface area (TPSA) is 81.0 Å². The minimum atomic E-state index is 0.0119. The van der Waals surface area contributed by atoms with Gasteiger partial charge in [0, 0.05) is 6.07 Å². The molecule has 5 nitrogen and oxygen atoms in total. The number of hydrogen-bond acceptors (Lipinski definition) is 6. The number of benzene rings is 2. The van der Waals surface area contributed by atoms with Gasteiger partial charge in [0.15, 0.2) is 5.17 Å². The summed E-state index contributed by atoms with van der Waals surface area (Å²) in [4.78, 5) is 4.44. The molecule has 0 amide bonds. The van der Waals surface area contributed by atoms with Crippen molar-refractivity contribution in [3.8, 4) is 11.5 Å². The summed E-state index contributed by atoms with van der Waals surface area (Å²) in [5, 5.41) is 11.8. The number of nitrogens with two attached hydrogens (primary N) is 1. The van der Waals surface area contributed by atoms with Crippen LogP contribution in [0.25, 0.3) is 16.7 Å². The van der Waals surface area contributed by atoms with E-state index in [4.69, 9.17) is 14.9 Å². The Morgan fingerprint density at radius 2 is 2.04 bits per heavy atom. The van der Waals surface area contributed by atoms with Gasteiger partial charge in [-0.15, -0.1) is 0 Å². The lowest BCUT2D eigenvalue weighted by Crippen LogP contribution is -2.13. The SMILES string of the molecule is COc1c(C2=CC(c3ccccc3)SC(N)=N2)c(O)cc2occc12. The summed E-state index contributed by atoms with van der Waals surface area (Å²) in [7, 11) is 1.56. The monoisotopic (exact) mass is 352 g/mol. The molecule has 0 bridgehead atoms. The molecule has 25 heavy (non-hydrogen) atoms. The Labute approximate surface area is 148 Å². The molecule has 0 fully saturated rings. The Hall–Kier alpha value is -2.86. The zero-order valence-electron chi connectivity index (χ0n) is 13.5. The summed E-state index contributed by atoms with van der Waals surface area (Å²) in [6.45, 7) is 0. The fourth-order valence-electron chi connectivity index (χ4n) is 2.96. The van der Waals surface area contributed by atoms with E-state index in [2.05, 4.69) is 4.99 Å². The number of furan rings is 1. The van der Waals surface area contributed by atoms with Crippen molar-refractivity contribution < 1.29 is 14.3 Å². The lowest BCUT2D eigenvalue weighted by molar-refractivity contribution is 0.410. The maximum absolute atomic E-state index is 10.5. The van der Waals surface area contributed by atoms with Crippen LogP contribution in [0.15, 0.2) is 64.2 Å². The Bertz CT molecular complexity index is 993. The van der Waals surface area contributed by atoms with Gasteiger partial charge in [0.25, 0.3) is 0 Å². The molecular formula is C19H16N2O3S. The predicted octanol–water partition coefficient (Wildman–Crippen LogP) is 4.29. The largest absolute Gasteiger partial charge is 0.507 e. The minimum absolute atomic E-state index is 0.0119. The highest BCUT2D eigenvalue weighted by molar-refractivity contribution is 8.14. The average molecular weight is 352 g/mol. The number of nitrogens with zero attached hydrogens (tertiary/aromatic N) is 1. The average Bonchev–Trinajstić information content (AvgIpc) is 3.08. The zero-order valence-corrected chi connectivity index (χ0v) is 14.3. The van der Waals surface area contributed by atoms with E-state index in [0.29, 0.717) is 27.8 Å². The number of aliphatic imine (C=N–C) groups is 1.